The topological polar surface area (TPSA) is 53.5 Å². The Hall–Kier alpha value is -2.30. The Morgan fingerprint density at radius 2 is 1.59 bits per heavy atom. The number of aryl methyl sites for hydroxylation is 2. The zero-order valence-electron chi connectivity index (χ0n) is 13.4. The van der Waals surface area contributed by atoms with E-state index in [1.807, 2.05) is 19.1 Å². The molecule has 1 aromatic carbocycles. The second-order valence-electron chi connectivity index (χ2n) is 5.31. The van der Waals surface area contributed by atoms with Crippen molar-refractivity contribution in [2.24, 2.45) is 0 Å². The molecule has 0 atom stereocenters. The summed E-state index contributed by atoms with van der Waals surface area (Å²) in [5.74, 6) is 2.67. The Balaban J connectivity index is 2.21. The van der Waals surface area contributed by atoms with Gasteiger partial charge >= 0.3 is 0 Å². The number of rotatable bonds is 4. The summed E-state index contributed by atoms with van der Waals surface area (Å²) in [4.78, 5) is 9.22. The van der Waals surface area contributed by atoms with Crippen LogP contribution in [0.4, 0.5) is 0 Å². The maximum atomic E-state index is 5.44. The molecule has 0 N–H and O–H groups in total. The zero-order valence-corrected chi connectivity index (χ0v) is 13.4. The lowest BCUT2D eigenvalue weighted by Crippen LogP contribution is -2.01. The summed E-state index contributed by atoms with van der Waals surface area (Å²) >= 11 is 0. The predicted molar refractivity (Wildman–Crippen MR) is 83.9 cm³/mol. The van der Waals surface area contributed by atoms with Gasteiger partial charge in [-0.1, -0.05) is 0 Å². The first-order valence-corrected chi connectivity index (χ1v) is 7.34. The summed E-state index contributed by atoms with van der Waals surface area (Å²) in [5, 5.41) is 0. The number of hydrogen-bond acceptors (Lipinski definition) is 5. The minimum absolute atomic E-state index is 0.594. The molecule has 2 aromatic rings. The van der Waals surface area contributed by atoms with Crippen LogP contribution >= 0.6 is 0 Å². The number of hydrogen-bond donors (Lipinski definition) is 0. The fourth-order valence-corrected chi connectivity index (χ4v) is 3.01. The summed E-state index contributed by atoms with van der Waals surface area (Å²) in [6.45, 7) is 1.93. The van der Waals surface area contributed by atoms with Crippen LogP contribution in [0.2, 0.25) is 0 Å². The van der Waals surface area contributed by atoms with Gasteiger partial charge in [0.1, 0.15) is 5.82 Å². The highest BCUT2D eigenvalue weighted by Crippen LogP contribution is 2.42. The molecule has 0 fully saturated rings. The summed E-state index contributed by atoms with van der Waals surface area (Å²) in [6, 6.07) is 3.89. The Morgan fingerprint density at radius 3 is 2.18 bits per heavy atom. The van der Waals surface area contributed by atoms with Crippen LogP contribution in [0.5, 0.6) is 17.2 Å². The van der Waals surface area contributed by atoms with Crippen molar-refractivity contribution in [3.63, 3.8) is 0 Å². The third-order valence-electron chi connectivity index (χ3n) is 3.98. The van der Waals surface area contributed by atoms with Gasteiger partial charge in [-0.3, -0.25) is 0 Å². The molecular weight excluding hydrogens is 280 g/mol. The van der Waals surface area contributed by atoms with Gasteiger partial charge in [0.05, 0.1) is 27.0 Å². The highest BCUT2D eigenvalue weighted by atomic mass is 16.5. The van der Waals surface area contributed by atoms with E-state index in [0.29, 0.717) is 17.2 Å². The van der Waals surface area contributed by atoms with Crippen molar-refractivity contribution in [2.75, 3.05) is 21.3 Å². The van der Waals surface area contributed by atoms with Crippen LogP contribution in [0.15, 0.2) is 12.1 Å². The van der Waals surface area contributed by atoms with Gasteiger partial charge in [-0.25, -0.2) is 9.97 Å². The van der Waals surface area contributed by atoms with Crippen LogP contribution in [0, 0.1) is 6.92 Å². The monoisotopic (exact) mass is 300 g/mol. The Bertz CT molecular complexity index is 688. The van der Waals surface area contributed by atoms with E-state index in [9.17, 15) is 0 Å². The molecule has 5 nitrogen and oxygen atoms in total. The molecule has 1 aliphatic carbocycles. The molecule has 0 radical (unpaired) electrons. The summed E-state index contributed by atoms with van der Waals surface area (Å²) in [6.07, 6.45) is 3.17. The number of methoxy groups -OCH3 is 3. The van der Waals surface area contributed by atoms with Crippen molar-refractivity contribution in [1.82, 2.24) is 9.97 Å². The molecule has 1 aromatic heterocycles. The lowest BCUT2D eigenvalue weighted by atomic mass is 10.0. The highest BCUT2D eigenvalue weighted by Gasteiger charge is 2.22. The first kappa shape index (κ1) is 14.6. The van der Waals surface area contributed by atoms with Crippen molar-refractivity contribution < 1.29 is 14.2 Å². The maximum Gasteiger partial charge on any atom is 0.203 e. The molecule has 0 amide bonds. The molecule has 0 saturated carbocycles. The van der Waals surface area contributed by atoms with Crippen LogP contribution < -0.4 is 14.2 Å². The fourth-order valence-electron chi connectivity index (χ4n) is 3.01. The van der Waals surface area contributed by atoms with Gasteiger partial charge in [0.25, 0.3) is 0 Å². The molecule has 116 valence electrons. The SMILES string of the molecule is COc1cc(-c2nc(C)nc3c2CCC3)cc(OC)c1OC. The Morgan fingerprint density at radius 1 is 0.909 bits per heavy atom. The quantitative estimate of drug-likeness (QED) is 0.869. The minimum atomic E-state index is 0.594. The lowest BCUT2D eigenvalue weighted by molar-refractivity contribution is 0.324. The van der Waals surface area contributed by atoms with E-state index < -0.39 is 0 Å². The minimum Gasteiger partial charge on any atom is -0.493 e. The fraction of sp³-hybridized carbons (Fsp3) is 0.412. The third kappa shape index (κ3) is 2.36. The van der Waals surface area contributed by atoms with Crippen molar-refractivity contribution in [3.05, 3.63) is 29.2 Å². The van der Waals surface area contributed by atoms with E-state index in [2.05, 4.69) is 9.97 Å². The van der Waals surface area contributed by atoms with Gasteiger partial charge in [0.2, 0.25) is 5.75 Å². The Labute approximate surface area is 130 Å². The van der Waals surface area contributed by atoms with Gasteiger partial charge in [-0.2, -0.15) is 0 Å². The van der Waals surface area contributed by atoms with Gasteiger partial charge in [0.15, 0.2) is 11.5 Å². The first-order valence-electron chi connectivity index (χ1n) is 7.34. The molecule has 1 heterocycles. The highest BCUT2D eigenvalue weighted by molar-refractivity contribution is 5.71. The smallest absolute Gasteiger partial charge is 0.203 e. The first-order chi connectivity index (χ1) is 10.7. The van der Waals surface area contributed by atoms with Crippen LogP contribution in [0.1, 0.15) is 23.5 Å². The second kappa shape index (κ2) is 5.83. The molecule has 0 spiro atoms. The maximum absolute atomic E-state index is 5.44. The van der Waals surface area contributed by atoms with Crippen LogP contribution in [0.25, 0.3) is 11.3 Å². The van der Waals surface area contributed by atoms with Crippen molar-refractivity contribution >= 4 is 0 Å². The van der Waals surface area contributed by atoms with Crippen molar-refractivity contribution in [1.29, 1.82) is 0 Å². The lowest BCUT2D eigenvalue weighted by Gasteiger charge is -2.15. The van der Waals surface area contributed by atoms with Crippen molar-refractivity contribution in [3.8, 4) is 28.5 Å². The number of aromatic nitrogens is 2. The molecule has 0 saturated heterocycles. The molecular formula is C17H20N2O3. The number of benzene rings is 1. The third-order valence-corrected chi connectivity index (χ3v) is 3.98. The van der Waals surface area contributed by atoms with Crippen molar-refractivity contribution in [2.45, 2.75) is 26.2 Å². The van der Waals surface area contributed by atoms with E-state index in [0.717, 1.165) is 42.0 Å². The van der Waals surface area contributed by atoms with Gasteiger partial charge < -0.3 is 14.2 Å². The second-order valence-corrected chi connectivity index (χ2v) is 5.31. The van der Waals surface area contributed by atoms with Crippen LogP contribution in [0.3, 0.4) is 0 Å². The normalized spacial score (nSPS) is 12.9. The molecule has 5 heteroatoms. The van der Waals surface area contributed by atoms with Crippen LogP contribution in [-0.2, 0) is 12.8 Å². The van der Waals surface area contributed by atoms with Crippen LogP contribution in [-0.4, -0.2) is 31.3 Å². The summed E-state index contributed by atoms with van der Waals surface area (Å²) in [7, 11) is 4.85. The number of fused-ring (bicyclic) bond motifs is 1. The Kier molecular flexibility index (Phi) is 3.88. The van der Waals surface area contributed by atoms with E-state index in [-0.39, 0.29) is 0 Å². The molecule has 0 unspecified atom stereocenters. The number of nitrogens with zero attached hydrogens (tertiary/aromatic N) is 2. The van der Waals surface area contributed by atoms with E-state index >= 15 is 0 Å². The molecule has 0 aliphatic heterocycles. The van der Waals surface area contributed by atoms with Gasteiger partial charge in [0, 0.05) is 16.8 Å². The van der Waals surface area contributed by atoms with Gasteiger partial charge in [-0.15, -0.1) is 0 Å². The summed E-state index contributed by atoms with van der Waals surface area (Å²) < 4.78 is 16.3. The largest absolute Gasteiger partial charge is 0.493 e. The predicted octanol–water partition coefficient (Wildman–Crippen LogP) is 2.97. The summed E-state index contributed by atoms with van der Waals surface area (Å²) in [5.41, 5.74) is 4.34. The number of ether oxygens (including phenoxy) is 3. The van der Waals surface area contributed by atoms with E-state index in [1.54, 1.807) is 21.3 Å². The van der Waals surface area contributed by atoms with Gasteiger partial charge in [-0.05, 0) is 38.3 Å². The average Bonchev–Trinajstić information content (AvgIpc) is 3.00. The van der Waals surface area contributed by atoms with E-state index in [1.165, 1.54) is 5.56 Å². The molecule has 3 rings (SSSR count). The van der Waals surface area contributed by atoms with E-state index in [4.69, 9.17) is 14.2 Å². The molecule has 22 heavy (non-hydrogen) atoms. The zero-order chi connectivity index (χ0) is 15.7. The molecule has 0 bridgehead atoms. The average molecular weight is 300 g/mol. The molecule has 1 aliphatic rings. The standard InChI is InChI=1S/C17H20N2O3/c1-10-18-13-7-5-6-12(13)16(19-10)11-8-14(20-2)17(22-4)15(9-11)21-3/h8-9H,5-7H2,1-4H3.